The van der Waals surface area contributed by atoms with Crippen LogP contribution in [0.15, 0.2) is 42.9 Å². The molecule has 106 valence electrons. The van der Waals surface area contributed by atoms with Gasteiger partial charge in [-0.15, -0.1) is 0 Å². The average Bonchev–Trinajstić information content (AvgIpc) is 3.00. The molecule has 1 aliphatic rings. The lowest BCUT2D eigenvalue weighted by atomic mass is 9.95. The molecule has 21 heavy (non-hydrogen) atoms. The van der Waals surface area contributed by atoms with Crippen molar-refractivity contribution in [3.63, 3.8) is 0 Å². The van der Waals surface area contributed by atoms with Gasteiger partial charge in [-0.1, -0.05) is 6.07 Å². The van der Waals surface area contributed by atoms with E-state index in [0.29, 0.717) is 11.7 Å². The summed E-state index contributed by atoms with van der Waals surface area (Å²) in [6, 6.07) is 8.16. The van der Waals surface area contributed by atoms with E-state index >= 15 is 0 Å². The minimum absolute atomic E-state index is 0.510. The second-order valence-electron chi connectivity index (χ2n) is 5.42. The van der Waals surface area contributed by atoms with E-state index in [4.69, 9.17) is 4.98 Å². The SMILES string of the molecule is c1cc(-c2cnc3ncccn23)nc(C2CCCNC2)c1. The molecule has 4 rings (SSSR count). The molecule has 5 nitrogen and oxygen atoms in total. The van der Waals surface area contributed by atoms with Crippen molar-refractivity contribution in [2.24, 2.45) is 0 Å². The fraction of sp³-hybridized carbons (Fsp3) is 0.312. The number of pyridine rings is 1. The normalized spacial score (nSPS) is 19.0. The second kappa shape index (κ2) is 5.26. The van der Waals surface area contributed by atoms with E-state index in [1.165, 1.54) is 18.5 Å². The number of hydrogen-bond donors (Lipinski definition) is 1. The summed E-state index contributed by atoms with van der Waals surface area (Å²) in [5.41, 5.74) is 3.11. The quantitative estimate of drug-likeness (QED) is 0.782. The third-order valence-electron chi connectivity index (χ3n) is 4.04. The van der Waals surface area contributed by atoms with Crippen LogP contribution in [0.2, 0.25) is 0 Å². The van der Waals surface area contributed by atoms with Gasteiger partial charge in [-0.2, -0.15) is 0 Å². The van der Waals surface area contributed by atoms with Crippen molar-refractivity contribution in [2.75, 3.05) is 13.1 Å². The molecule has 3 aromatic heterocycles. The fourth-order valence-corrected chi connectivity index (χ4v) is 2.94. The molecule has 1 fully saturated rings. The van der Waals surface area contributed by atoms with Gasteiger partial charge in [0, 0.05) is 30.6 Å². The molecule has 0 radical (unpaired) electrons. The van der Waals surface area contributed by atoms with Crippen molar-refractivity contribution >= 4 is 5.78 Å². The van der Waals surface area contributed by atoms with Crippen molar-refractivity contribution in [2.45, 2.75) is 18.8 Å². The third kappa shape index (κ3) is 2.29. The Hall–Kier alpha value is -2.27. The molecule has 1 saturated heterocycles. The van der Waals surface area contributed by atoms with Crippen LogP contribution < -0.4 is 5.32 Å². The first-order chi connectivity index (χ1) is 10.4. The molecule has 1 unspecified atom stereocenters. The maximum Gasteiger partial charge on any atom is 0.234 e. The molecule has 3 aromatic rings. The van der Waals surface area contributed by atoms with Crippen LogP contribution in [-0.4, -0.2) is 32.4 Å². The Balaban J connectivity index is 1.75. The molecular weight excluding hydrogens is 262 g/mol. The average molecular weight is 279 g/mol. The van der Waals surface area contributed by atoms with Crippen LogP contribution in [0.3, 0.4) is 0 Å². The van der Waals surface area contributed by atoms with Crippen LogP contribution in [0, 0.1) is 0 Å². The minimum atomic E-state index is 0.510. The first-order valence-corrected chi connectivity index (χ1v) is 7.38. The van der Waals surface area contributed by atoms with Crippen LogP contribution in [0.25, 0.3) is 17.2 Å². The molecule has 0 aromatic carbocycles. The Kier molecular flexibility index (Phi) is 3.12. The van der Waals surface area contributed by atoms with Gasteiger partial charge in [-0.3, -0.25) is 9.38 Å². The standard InChI is InChI=1S/C16H17N5/c1-5-13(12-4-2-7-17-10-12)20-14(6-1)15-11-19-16-18-8-3-9-21(15)16/h1,3,5-6,8-9,11-12,17H,2,4,7,10H2. The monoisotopic (exact) mass is 279 g/mol. The Morgan fingerprint density at radius 1 is 1.19 bits per heavy atom. The smallest absolute Gasteiger partial charge is 0.234 e. The van der Waals surface area contributed by atoms with Gasteiger partial charge < -0.3 is 5.32 Å². The summed E-state index contributed by atoms with van der Waals surface area (Å²) in [6.45, 7) is 2.14. The van der Waals surface area contributed by atoms with Crippen LogP contribution in [0.1, 0.15) is 24.5 Å². The Labute approximate surface area is 123 Å². The largest absolute Gasteiger partial charge is 0.316 e. The van der Waals surface area contributed by atoms with Crippen LogP contribution in [0.5, 0.6) is 0 Å². The number of rotatable bonds is 2. The number of fused-ring (bicyclic) bond motifs is 1. The van der Waals surface area contributed by atoms with Crippen molar-refractivity contribution in [1.29, 1.82) is 0 Å². The van der Waals surface area contributed by atoms with E-state index in [0.717, 1.165) is 24.5 Å². The van der Waals surface area contributed by atoms with Crippen LogP contribution >= 0.6 is 0 Å². The molecule has 0 aliphatic carbocycles. The third-order valence-corrected chi connectivity index (χ3v) is 4.04. The number of nitrogens with zero attached hydrogens (tertiary/aromatic N) is 4. The highest BCUT2D eigenvalue weighted by Gasteiger charge is 2.17. The first kappa shape index (κ1) is 12.5. The highest BCUT2D eigenvalue weighted by molar-refractivity contribution is 5.58. The van der Waals surface area contributed by atoms with E-state index < -0.39 is 0 Å². The highest BCUT2D eigenvalue weighted by atomic mass is 15.1. The fourth-order valence-electron chi connectivity index (χ4n) is 2.94. The maximum absolute atomic E-state index is 4.86. The number of imidazole rings is 1. The van der Waals surface area contributed by atoms with Gasteiger partial charge in [-0.05, 0) is 37.6 Å². The molecule has 0 saturated carbocycles. The Morgan fingerprint density at radius 2 is 2.19 bits per heavy atom. The molecule has 1 aliphatic heterocycles. The number of aromatic nitrogens is 4. The molecule has 0 bridgehead atoms. The van der Waals surface area contributed by atoms with Gasteiger partial charge >= 0.3 is 0 Å². The summed E-state index contributed by atoms with van der Waals surface area (Å²) in [7, 11) is 0. The summed E-state index contributed by atoms with van der Waals surface area (Å²) in [5, 5.41) is 3.45. The van der Waals surface area contributed by atoms with Gasteiger partial charge in [-0.25, -0.2) is 9.97 Å². The van der Waals surface area contributed by atoms with Crippen molar-refractivity contribution in [3.05, 3.63) is 48.5 Å². The minimum Gasteiger partial charge on any atom is -0.316 e. The van der Waals surface area contributed by atoms with Gasteiger partial charge in [0.2, 0.25) is 5.78 Å². The molecule has 5 heteroatoms. The topological polar surface area (TPSA) is 55.1 Å². The van der Waals surface area contributed by atoms with E-state index in [-0.39, 0.29) is 0 Å². The number of piperidine rings is 1. The predicted octanol–water partition coefficient (Wildman–Crippen LogP) is 2.26. The Bertz CT molecular complexity index is 758. The highest BCUT2D eigenvalue weighted by Crippen LogP contribution is 2.24. The lowest BCUT2D eigenvalue weighted by Crippen LogP contribution is -2.28. The number of nitrogens with one attached hydrogen (secondary N) is 1. The zero-order valence-electron chi connectivity index (χ0n) is 11.7. The summed E-state index contributed by atoms with van der Waals surface area (Å²) >= 11 is 0. The van der Waals surface area contributed by atoms with E-state index in [2.05, 4.69) is 27.4 Å². The summed E-state index contributed by atoms with van der Waals surface area (Å²) in [5.74, 6) is 1.22. The van der Waals surface area contributed by atoms with Crippen molar-refractivity contribution in [1.82, 2.24) is 24.7 Å². The molecule has 1 N–H and O–H groups in total. The van der Waals surface area contributed by atoms with Gasteiger partial charge in [0.15, 0.2) is 0 Å². The van der Waals surface area contributed by atoms with E-state index in [1.807, 2.05) is 28.9 Å². The van der Waals surface area contributed by atoms with Gasteiger partial charge in [0.25, 0.3) is 0 Å². The summed E-state index contributed by atoms with van der Waals surface area (Å²) in [6.07, 6.45) is 7.99. The Morgan fingerprint density at radius 3 is 3.10 bits per heavy atom. The van der Waals surface area contributed by atoms with E-state index in [9.17, 15) is 0 Å². The van der Waals surface area contributed by atoms with Gasteiger partial charge in [0.1, 0.15) is 0 Å². The molecule has 0 spiro atoms. The zero-order valence-corrected chi connectivity index (χ0v) is 11.7. The molecular formula is C16H17N5. The van der Waals surface area contributed by atoms with Gasteiger partial charge in [0.05, 0.1) is 17.6 Å². The summed E-state index contributed by atoms with van der Waals surface area (Å²) in [4.78, 5) is 13.5. The lowest BCUT2D eigenvalue weighted by Gasteiger charge is -2.22. The maximum atomic E-state index is 4.86. The number of hydrogen-bond acceptors (Lipinski definition) is 4. The first-order valence-electron chi connectivity index (χ1n) is 7.38. The lowest BCUT2D eigenvalue weighted by molar-refractivity contribution is 0.455. The van der Waals surface area contributed by atoms with Crippen LogP contribution in [-0.2, 0) is 0 Å². The molecule has 0 amide bonds. The molecule has 1 atom stereocenters. The van der Waals surface area contributed by atoms with Crippen LogP contribution in [0.4, 0.5) is 0 Å². The summed E-state index contributed by atoms with van der Waals surface area (Å²) < 4.78 is 1.98. The second-order valence-corrected chi connectivity index (χ2v) is 5.42. The van der Waals surface area contributed by atoms with Crippen molar-refractivity contribution in [3.8, 4) is 11.4 Å². The predicted molar refractivity (Wildman–Crippen MR) is 81.1 cm³/mol. The van der Waals surface area contributed by atoms with E-state index in [1.54, 1.807) is 6.20 Å². The molecule has 4 heterocycles. The zero-order chi connectivity index (χ0) is 14.1. The van der Waals surface area contributed by atoms with Crippen molar-refractivity contribution < 1.29 is 0 Å².